The molecule has 6 rings (SSSR count). The predicted octanol–water partition coefficient (Wildman–Crippen LogP) is 3.59. The van der Waals surface area contributed by atoms with Crippen LogP contribution < -0.4 is 16.4 Å². The average molecular weight is 478 g/mol. The first-order chi connectivity index (χ1) is 16.8. The van der Waals surface area contributed by atoms with Gasteiger partial charge in [0.2, 0.25) is 0 Å². The fourth-order valence-electron chi connectivity index (χ4n) is 4.30. The van der Waals surface area contributed by atoms with Crippen molar-refractivity contribution in [2.45, 2.75) is 50.2 Å². The summed E-state index contributed by atoms with van der Waals surface area (Å²) in [5.41, 5.74) is 7.49. The monoisotopic (exact) mass is 478 g/mol. The number of aromatic nitrogens is 5. The summed E-state index contributed by atoms with van der Waals surface area (Å²) in [6.07, 6.45) is 4.11. The van der Waals surface area contributed by atoms with Crippen LogP contribution in [0.15, 0.2) is 35.1 Å². The minimum atomic E-state index is -0.652. The van der Waals surface area contributed by atoms with Crippen molar-refractivity contribution < 1.29 is 18.8 Å². The minimum Gasteiger partial charge on any atom is -0.393 e. The molecule has 12 heteroatoms. The number of anilines is 3. The lowest BCUT2D eigenvalue weighted by molar-refractivity contribution is 0.0451. The van der Waals surface area contributed by atoms with E-state index >= 15 is 0 Å². The highest BCUT2D eigenvalue weighted by Crippen LogP contribution is 2.48. The molecule has 5 N–H and O–H groups in total. The second-order valence-corrected chi connectivity index (χ2v) is 9.44. The third-order valence-electron chi connectivity index (χ3n) is 6.79. The molecular formula is C23H23FN8O3. The summed E-state index contributed by atoms with van der Waals surface area (Å²) in [5, 5.41) is 23.8. The number of nitrogens with one attached hydrogen (secondary N) is 2. The van der Waals surface area contributed by atoms with Gasteiger partial charge in [0, 0.05) is 17.0 Å². The van der Waals surface area contributed by atoms with Crippen LogP contribution in [-0.2, 0) is 5.41 Å². The Hall–Kier alpha value is -4.06. The molecule has 35 heavy (non-hydrogen) atoms. The number of rotatable bonds is 5. The van der Waals surface area contributed by atoms with Gasteiger partial charge in [0.05, 0.1) is 23.2 Å². The Bertz CT molecular complexity index is 1450. The molecule has 2 fully saturated rings. The first-order valence-corrected chi connectivity index (χ1v) is 11.3. The van der Waals surface area contributed by atoms with Gasteiger partial charge in [-0.3, -0.25) is 5.32 Å². The van der Waals surface area contributed by atoms with Gasteiger partial charge in [-0.15, -0.1) is 0 Å². The van der Waals surface area contributed by atoms with E-state index in [2.05, 4.69) is 37.8 Å². The van der Waals surface area contributed by atoms with E-state index in [-0.39, 0.29) is 34.9 Å². The molecule has 0 radical (unpaired) electrons. The van der Waals surface area contributed by atoms with Crippen LogP contribution in [0.3, 0.4) is 0 Å². The summed E-state index contributed by atoms with van der Waals surface area (Å²) >= 11 is 0. The van der Waals surface area contributed by atoms with Gasteiger partial charge in [0.15, 0.2) is 11.5 Å². The standard InChI is InChI=1S/C23H23FN8O3/c1-23(4-5-23)16-9-17(31-35-16)29-22(34)28-15-3-2-11(6-14(15)24)19-18-20(25)26-10-27-21(18)32(30-19)12-7-13(33)8-12/h2-3,6,9-10,12-13,33H,4-5,7-8H2,1H3,(H2,25,26,27)(H2,28,29,31,34). The quantitative estimate of drug-likeness (QED) is 0.339. The topological polar surface area (TPSA) is 157 Å². The largest absolute Gasteiger partial charge is 0.393 e. The maximum Gasteiger partial charge on any atom is 0.325 e. The fraction of sp³-hybridized carbons (Fsp3) is 0.348. The van der Waals surface area contributed by atoms with Crippen LogP contribution >= 0.6 is 0 Å². The third-order valence-corrected chi connectivity index (χ3v) is 6.79. The van der Waals surface area contributed by atoms with Gasteiger partial charge >= 0.3 is 6.03 Å². The van der Waals surface area contributed by atoms with Crippen LogP contribution in [0.2, 0.25) is 0 Å². The number of aliphatic hydroxyl groups excluding tert-OH is 1. The van der Waals surface area contributed by atoms with Crippen molar-refractivity contribution in [2.24, 2.45) is 0 Å². The Morgan fingerprint density at radius 2 is 2.06 bits per heavy atom. The van der Waals surface area contributed by atoms with Crippen LogP contribution in [0, 0.1) is 5.82 Å². The molecule has 2 aliphatic rings. The maximum absolute atomic E-state index is 15.0. The van der Waals surface area contributed by atoms with E-state index in [0.29, 0.717) is 35.1 Å². The molecule has 180 valence electrons. The molecule has 3 heterocycles. The van der Waals surface area contributed by atoms with Crippen LogP contribution in [0.25, 0.3) is 22.3 Å². The summed E-state index contributed by atoms with van der Waals surface area (Å²) in [7, 11) is 0. The summed E-state index contributed by atoms with van der Waals surface area (Å²) in [4.78, 5) is 20.8. The normalized spacial score (nSPS) is 20.4. The number of urea groups is 1. The van der Waals surface area contributed by atoms with Crippen molar-refractivity contribution in [3.63, 3.8) is 0 Å². The highest BCUT2D eigenvalue weighted by Gasteiger charge is 2.43. The molecule has 4 aromatic rings. The number of halogens is 1. The number of hydrogen-bond donors (Lipinski definition) is 4. The average Bonchev–Trinajstić information content (AvgIpc) is 3.21. The Morgan fingerprint density at radius 3 is 2.77 bits per heavy atom. The van der Waals surface area contributed by atoms with Crippen molar-refractivity contribution in [1.29, 1.82) is 0 Å². The molecule has 0 unspecified atom stereocenters. The number of benzene rings is 1. The molecule has 2 aliphatic carbocycles. The second-order valence-electron chi connectivity index (χ2n) is 9.44. The van der Waals surface area contributed by atoms with Gasteiger partial charge in [-0.1, -0.05) is 18.1 Å². The SMILES string of the molecule is CC1(c2cc(NC(=O)Nc3ccc(-c4nn(C5CC(O)C5)c5ncnc(N)c45)cc3F)no2)CC1. The van der Waals surface area contributed by atoms with E-state index in [9.17, 15) is 14.3 Å². The summed E-state index contributed by atoms with van der Waals surface area (Å²) in [6.45, 7) is 2.07. The van der Waals surface area contributed by atoms with Crippen molar-refractivity contribution in [2.75, 3.05) is 16.4 Å². The fourth-order valence-corrected chi connectivity index (χ4v) is 4.30. The lowest BCUT2D eigenvalue weighted by Crippen LogP contribution is -2.31. The van der Waals surface area contributed by atoms with E-state index in [1.54, 1.807) is 16.8 Å². The predicted molar refractivity (Wildman–Crippen MR) is 125 cm³/mol. The van der Waals surface area contributed by atoms with Crippen molar-refractivity contribution in [3.8, 4) is 11.3 Å². The molecule has 1 aromatic carbocycles. The maximum atomic E-state index is 15.0. The first-order valence-electron chi connectivity index (χ1n) is 11.3. The number of carbonyl (C=O) groups is 1. The van der Waals surface area contributed by atoms with Crippen LogP contribution in [-0.4, -0.2) is 42.1 Å². The van der Waals surface area contributed by atoms with E-state index in [4.69, 9.17) is 10.3 Å². The van der Waals surface area contributed by atoms with Gasteiger partial charge in [0.1, 0.15) is 29.4 Å². The zero-order chi connectivity index (χ0) is 24.3. The number of amides is 2. The van der Waals surface area contributed by atoms with Gasteiger partial charge in [-0.05, 0) is 37.8 Å². The van der Waals surface area contributed by atoms with E-state index in [0.717, 1.165) is 18.6 Å². The van der Waals surface area contributed by atoms with E-state index in [1.807, 2.05) is 0 Å². The first kappa shape index (κ1) is 21.5. The zero-order valence-electron chi connectivity index (χ0n) is 18.8. The molecule has 0 saturated heterocycles. The van der Waals surface area contributed by atoms with Gasteiger partial charge in [0.25, 0.3) is 0 Å². The molecule has 2 amide bonds. The lowest BCUT2D eigenvalue weighted by Gasteiger charge is -2.31. The number of hydrogen-bond acceptors (Lipinski definition) is 8. The van der Waals surface area contributed by atoms with Gasteiger partial charge in [-0.2, -0.15) is 5.10 Å². The van der Waals surface area contributed by atoms with Crippen LogP contribution in [0.4, 0.5) is 26.5 Å². The van der Waals surface area contributed by atoms with Crippen molar-refractivity contribution >= 4 is 34.4 Å². The number of nitrogen functional groups attached to an aromatic ring is 1. The van der Waals surface area contributed by atoms with Crippen LogP contribution in [0.1, 0.15) is 44.4 Å². The highest BCUT2D eigenvalue weighted by molar-refractivity contribution is 6.00. The molecule has 0 atom stereocenters. The number of aliphatic hydroxyl groups is 1. The van der Waals surface area contributed by atoms with Crippen molar-refractivity contribution in [1.82, 2.24) is 24.9 Å². The molecule has 0 spiro atoms. The Labute approximate surface area is 198 Å². The second kappa shape index (κ2) is 7.73. The zero-order valence-corrected chi connectivity index (χ0v) is 18.8. The van der Waals surface area contributed by atoms with Gasteiger partial charge in [-0.25, -0.2) is 23.8 Å². The Balaban J connectivity index is 1.24. The van der Waals surface area contributed by atoms with Gasteiger partial charge < -0.3 is 20.7 Å². The molecule has 11 nitrogen and oxygen atoms in total. The van der Waals surface area contributed by atoms with Crippen molar-refractivity contribution in [3.05, 3.63) is 42.2 Å². The summed E-state index contributed by atoms with van der Waals surface area (Å²) in [5.74, 6) is 0.553. The third kappa shape index (κ3) is 3.75. The lowest BCUT2D eigenvalue weighted by atomic mass is 9.90. The molecule has 2 saturated carbocycles. The van der Waals surface area contributed by atoms with Crippen LogP contribution in [0.5, 0.6) is 0 Å². The van der Waals surface area contributed by atoms with E-state index < -0.39 is 11.8 Å². The molecule has 0 aliphatic heterocycles. The Morgan fingerprint density at radius 1 is 1.26 bits per heavy atom. The number of nitrogens with zero attached hydrogens (tertiary/aromatic N) is 5. The molecule has 0 bridgehead atoms. The summed E-state index contributed by atoms with van der Waals surface area (Å²) < 4.78 is 22.0. The summed E-state index contributed by atoms with van der Waals surface area (Å²) in [6, 6.07) is 5.36. The Kier molecular flexibility index (Phi) is 4.74. The number of carbonyl (C=O) groups excluding carboxylic acids is 1. The highest BCUT2D eigenvalue weighted by atomic mass is 19.1. The molecule has 3 aromatic heterocycles. The number of fused-ring (bicyclic) bond motifs is 1. The van der Waals surface area contributed by atoms with E-state index in [1.165, 1.54) is 18.5 Å². The number of nitrogens with two attached hydrogens (primary N) is 1. The smallest absolute Gasteiger partial charge is 0.325 e. The molecular weight excluding hydrogens is 455 g/mol. The minimum absolute atomic E-state index is 0.0146.